The Balaban J connectivity index is 3.32. The quantitative estimate of drug-likeness (QED) is 0.420. The molecule has 0 aliphatic heterocycles. The molecule has 0 aliphatic carbocycles. The van der Waals surface area contributed by atoms with Crippen LogP contribution in [0, 0.1) is 12.3 Å². The highest BCUT2D eigenvalue weighted by molar-refractivity contribution is 5.12. The van der Waals surface area contributed by atoms with Gasteiger partial charge in [-0.05, 0) is 19.3 Å². The van der Waals surface area contributed by atoms with Gasteiger partial charge in [0.25, 0.3) is 0 Å². The summed E-state index contributed by atoms with van der Waals surface area (Å²) in [7, 11) is 0. The molecule has 0 fully saturated rings. The van der Waals surface area contributed by atoms with E-state index in [1.165, 1.54) is 0 Å². The van der Waals surface area contributed by atoms with Crippen molar-refractivity contribution >= 4 is 0 Å². The van der Waals surface area contributed by atoms with Gasteiger partial charge in [-0.3, -0.25) is 4.39 Å². The number of terminal acetylenes is 1. The molecule has 0 bridgehead atoms. The molecular weight excluding hydrogens is 134 g/mol. The lowest BCUT2D eigenvalue weighted by molar-refractivity contribution is 0.451. The third-order valence-electron chi connectivity index (χ3n) is 1.04. The minimum atomic E-state index is -0.386. The zero-order chi connectivity index (χ0) is 7.82. The average Bonchev–Trinajstić information content (AvgIpc) is 1.89. The van der Waals surface area contributed by atoms with Crippen molar-refractivity contribution in [1.29, 1.82) is 0 Å². The summed E-state index contributed by atoms with van der Waals surface area (Å²) in [5, 5.41) is 0. The van der Waals surface area contributed by atoms with Gasteiger partial charge in [-0.25, -0.2) is 4.39 Å². The van der Waals surface area contributed by atoms with Crippen molar-refractivity contribution in [1.82, 2.24) is 0 Å². The van der Waals surface area contributed by atoms with E-state index < -0.39 is 0 Å². The number of halogens is 2. The first-order valence-electron chi connectivity index (χ1n) is 3.18. The van der Waals surface area contributed by atoms with E-state index in [1.807, 2.05) is 0 Å². The molecule has 10 heavy (non-hydrogen) atoms. The van der Waals surface area contributed by atoms with Gasteiger partial charge in [0, 0.05) is 6.08 Å². The second-order valence-electron chi connectivity index (χ2n) is 1.90. The maximum absolute atomic E-state index is 12.3. The van der Waals surface area contributed by atoms with Crippen molar-refractivity contribution in [2.24, 2.45) is 0 Å². The lowest BCUT2D eigenvalue weighted by Gasteiger charge is -1.92. The molecule has 0 nitrogen and oxygen atoms in total. The van der Waals surface area contributed by atoms with Crippen LogP contribution < -0.4 is 0 Å². The summed E-state index contributed by atoms with van der Waals surface area (Å²) in [5.41, 5.74) is 0. The first-order valence-corrected chi connectivity index (χ1v) is 3.18. The molecular formula is C8H10F2. The van der Waals surface area contributed by atoms with Crippen LogP contribution in [-0.2, 0) is 0 Å². The standard InChI is InChI=1S/C8H10F2/c1-2-5-8(10)6-3-4-7-9/h1,5H,3-4,6-7H2/b8-5+. The second-order valence-corrected chi connectivity index (χ2v) is 1.90. The normalized spacial score (nSPS) is 11.1. The number of unbranched alkanes of at least 4 members (excludes halogenated alkanes) is 1. The molecule has 0 unspecified atom stereocenters. The largest absolute Gasteiger partial charge is 0.251 e. The van der Waals surface area contributed by atoms with Crippen molar-refractivity contribution < 1.29 is 8.78 Å². The Hall–Kier alpha value is -0.840. The molecule has 0 saturated heterocycles. The summed E-state index contributed by atoms with van der Waals surface area (Å²) in [5.74, 6) is 1.73. The zero-order valence-electron chi connectivity index (χ0n) is 5.74. The molecule has 0 saturated carbocycles. The monoisotopic (exact) mass is 144 g/mol. The summed E-state index contributed by atoms with van der Waals surface area (Å²) in [4.78, 5) is 0. The third-order valence-corrected chi connectivity index (χ3v) is 1.04. The summed E-state index contributed by atoms with van der Waals surface area (Å²) < 4.78 is 23.8. The van der Waals surface area contributed by atoms with Gasteiger partial charge in [0.05, 0.1) is 6.67 Å². The Kier molecular flexibility index (Phi) is 5.75. The van der Waals surface area contributed by atoms with Crippen molar-refractivity contribution in [3.05, 3.63) is 11.9 Å². The van der Waals surface area contributed by atoms with Crippen LogP contribution in [0.2, 0.25) is 0 Å². The maximum atomic E-state index is 12.3. The fraction of sp³-hybridized carbons (Fsp3) is 0.500. The third kappa shape index (κ3) is 5.30. The van der Waals surface area contributed by atoms with Gasteiger partial charge < -0.3 is 0 Å². The number of alkyl halides is 1. The Morgan fingerprint density at radius 1 is 1.50 bits per heavy atom. The van der Waals surface area contributed by atoms with Crippen LogP contribution in [0.5, 0.6) is 0 Å². The van der Waals surface area contributed by atoms with Crippen LogP contribution in [0.25, 0.3) is 0 Å². The van der Waals surface area contributed by atoms with Crippen molar-refractivity contribution in [2.45, 2.75) is 19.3 Å². The minimum Gasteiger partial charge on any atom is -0.251 e. The van der Waals surface area contributed by atoms with Crippen molar-refractivity contribution in [2.75, 3.05) is 6.67 Å². The van der Waals surface area contributed by atoms with E-state index in [0.717, 1.165) is 6.08 Å². The van der Waals surface area contributed by atoms with Crippen molar-refractivity contribution in [3.8, 4) is 12.3 Å². The molecule has 0 aliphatic rings. The highest BCUT2D eigenvalue weighted by Crippen LogP contribution is 2.07. The van der Waals surface area contributed by atoms with E-state index in [9.17, 15) is 8.78 Å². The Labute approximate surface area is 59.9 Å². The molecule has 0 aromatic carbocycles. The van der Waals surface area contributed by atoms with E-state index in [0.29, 0.717) is 12.8 Å². The predicted octanol–water partition coefficient (Wildman–Crippen LogP) is 2.61. The van der Waals surface area contributed by atoms with E-state index in [2.05, 4.69) is 5.92 Å². The van der Waals surface area contributed by atoms with Crippen LogP contribution in [0.3, 0.4) is 0 Å². The Bertz CT molecular complexity index is 142. The molecule has 0 amide bonds. The van der Waals surface area contributed by atoms with Gasteiger partial charge in [-0.2, -0.15) is 0 Å². The number of hydrogen-bond donors (Lipinski definition) is 0. The maximum Gasteiger partial charge on any atom is 0.108 e. The molecule has 0 heterocycles. The number of allylic oxidation sites excluding steroid dienone is 2. The van der Waals surface area contributed by atoms with Gasteiger partial charge in [-0.15, -0.1) is 6.42 Å². The summed E-state index contributed by atoms with van der Waals surface area (Å²) in [6.07, 6.45) is 7.06. The van der Waals surface area contributed by atoms with Gasteiger partial charge in [0.1, 0.15) is 5.83 Å². The van der Waals surface area contributed by atoms with E-state index in [-0.39, 0.29) is 18.9 Å². The lowest BCUT2D eigenvalue weighted by Crippen LogP contribution is -1.79. The van der Waals surface area contributed by atoms with Crippen LogP contribution in [0.15, 0.2) is 11.9 Å². The topological polar surface area (TPSA) is 0 Å². The summed E-state index contributed by atoms with van der Waals surface area (Å²) in [6.45, 7) is -0.386. The van der Waals surface area contributed by atoms with E-state index in [4.69, 9.17) is 6.42 Å². The number of hydrogen-bond acceptors (Lipinski definition) is 0. The predicted molar refractivity (Wildman–Crippen MR) is 37.9 cm³/mol. The molecule has 0 spiro atoms. The van der Waals surface area contributed by atoms with Crippen LogP contribution in [0.4, 0.5) is 8.78 Å². The first-order chi connectivity index (χ1) is 4.81. The fourth-order valence-corrected chi connectivity index (χ4v) is 0.551. The molecule has 0 N–H and O–H groups in total. The summed E-state index contributed by atoms with van der Waals surface area (Å²) >= 11 is 0. The fourth-order valence-electron chi connectivity index (χ4n) is 0.551. The number of rotatable bonds is 4. The van der Waals surface area contributed by atoms with Crippen molar-refractivity contribution in [3.63, 3.8) is 0 Å². The molecule has 0 aromatic rings. The first kappa shape index (κ1) is 9.16. The van der Waals surface area contributed by atoms with E-state index in [1.54, 1.807) is 0 Å². The zero-order valence-corrected chi connectivity index (χ0v) is 5.74. The SMILES string of the molecule is C#C/C=C(/F)CCCCF. The van der Waals surface area contributed by atoms with Crippen LogP contribution in [-0.4, -0.2) is 6.67 Å². The molecule has 0 rings (SSSR count). The molecule has 0 aromatic heterocycles. The molecule has 0 atom stereocenters. The lowest BCUT2D eigenvalue weighted by atomic mass is 10.2. The smallest absolute Gasteiger partial charge is 0.108 e. The molecule has 56 valence electrons. The Morgan fingerprint density at radius 2 is 2.20 bits per heavy atom. The van der Waals surface area contributed by atoms with Crippen LogP contribution in [0.1, 0.15) is 19.3 Å². The van der Waals surface area contributed by atoms with E-state index >= 15 is 0 Å². The summed E-state index contributed by atoms with van der Waals surface area (Å²) in [6, 6.07) is 0. The van der Waals surface area contributed by atoms with Gasteiger partial charge in [0.15, 0.2) is 0 Å². The van der Waals surface area contributed by atoms with Crippen LogP contribution >= 0.6 is 0 Å². The average molecular weight is 144 g/mol. The van der Waals surface area contributed by atoms with Gasteiger partial charge >= 0.3 is 0 Å². The van der Waals surface area contributed by atoms with Gasteiger partial charge in [-0.1, -0.05) is 5.92 Å². The highest BCUT2D eigenvalue weighted by atomic mass is 19.1. The highest BCUT2D eigenvalue weighted by Gasteiger charge is 1.92. The Morgan fingerprint density at radius 3 is 2.70 bits per heavy atom. The molecule has 2 heteroatoms. The van der Waals surface area contributed by atoms with Gasteiger partial charge in [0.2, 0.25) is 0 Å². The minimum absolute atomic E-state index is 0.258. The molecule has 0 radical (unpaired) electrons. The second kappa shape index (κ2) is 6.28.